The molecule has 6 heterocycles. The van der Waals surface area contributed by atoms with Crippen LogP contribution in [-0.2, 0) is 11.3 Å². The van der Waals surface area contributed by atoms with E-state index >= 15 is 0 Å². The van der Waals surface area contributed by atoms with Gasteiger partial charge in [-0.05, 0) is 53.8 Å². The maximum atomic E-state index is 12.8. The molecule has 5 aromatic heterocycles. The van der Waals surface area contributed by atoms with Gasteiger partial charge < -0.3 is 19.4 Å². The zero-order chi connectivity index (χ0) is 25.5. The molecule has 1 atom stereocenters. The second-order valence-corrected chi connectivity index (χ2v) is 10.2. The first-order valence-electron chi connectivity index (χ1n) is 12.3. The standard InChI is InChI=1S/C26H27IN8O2/c1-17(35-26-22(24(27)31-35)25(28)29-16-30-26)20-14-19-4-2-3-7-34(19)23(20)18-5-6-21(36)33(15-18)9-8-32-10-12-37-13-11-32/h2-7,14-17H,8-13H2,1H3,(H2,28,29,30). The first-order chi connectivity index (χ1) is 18.0. The number of fused-ring (bicyclic) bond motifs is 2. The van der Waals surface area contributed by atoms with Crippen LogP contribution in [-0.4, -0.2) is 66.5 Å². The van der Waals surface area contributed by atoms with Crippen molar-refractivity contribution in [3.8, 4) is 11.3 Å². The van der Waals surface area contributed by atoms with Crippen LogP contribution in [0, 0.1) is 3.70 Å². The molecule has 1 unspecified atom stereocenters. The number of anilines is 1. The van der Waals surface area contributed by atoms with Crippen LogP contribution in [0.2, 0.25) is 0 Å². The molecule has 190 valence electrons. The third kappa shape index (κ3) is 4.40. The quantitative estimate of drug-likeness (QED) is 0.295. The molecule has 5 aromatic rings. The Bertz CT molecular complexity index is 1650. The fraction of sp³-hybridized carbons (Fsp3) is 0.308. The maximum Gasteiger partial charge on any atom is 0.250 e. The van der Waals surface area contributed by atoms with Crippen molar-refractivity contribution in [3.63, 3.8) is 0 Å². The third-order valence-corrected chi connectivity index (χ3v) is 7.77. The van der Waals surface area contributed by atoms with Crippen LogP contribution < -0.4 is 11.3 Å². The van der Waals surface area contributed by atoms with Crippen LogP contribution in [0.4, 0.5) is 5.82 Å². The van der Waals surface area contributed by atoms with Crippen molar-refractivity contribution in [1.82, 2.24) is 33.6 Å². The summed E-state index contributed by atoms with van der Waals surface area (Å²) in [6, 6.07) is 11.7. The minimum atomic E-state index is -0.149. The highest BCUT2D eigenvalue weighted by atomic mass is 127. The molecule has 0 bridgehead atoms. The van der Waals surface area contributed by atoms with Crippen molar-refractivity contribution in [1.29, 1.82) is 0 Å². The lowest BCUT2D eigenvalue weighted by Gasteiger charge is -2.26. The molecule has 0 radical (unpaired) electrons. The predicted octanol–water partition coefficient (Wildman–Crippen LogP) is 3.04. The number of nitrogens with zero attached hydrogens (tertiary/aromatic N) is 7. The van der Waals surface area contributed by atoms with Gasteiger partial charge >= 0.3 is 0 Å². The van der Waals surface area contributed by atoms with Crippen LogP contribution in [0.15, 0.2) is 59.9 Å². The van der Waals surface area contributed by atoms with E-state index in [-0.39, 0.29) is 11.6 Å². The Morgan fingerprint density at radius 2 is 1.97 bits per heavy atom. The lowest BCUT2D eigenvalue weighted by Crippen LogP contribution is -2.39. The van der Waals surface area contributed by atoms with Gasteiger partial charge in [0.25, 0.3) is 5.56 Å². The van der Waals surface area contributed by atoms with E-state index in [0.717, 1.165) is 64.3 Å². The average molecular weight is 610 g/mol. The Labute approximate surface area is 226 Å². The van der Waals surface area contributed by atoms with Crippen LogP contribution in [0.25, 0.3) is 27.8 Å². The molecule has 0 spiro atoms. The van der Waals surface area contributed by atoms with Crippen LogP contribution in [0.3, 0.4) is 0 Å². The second kappa shape index (κ2) is 9.88. The fourth-order valence-electron chi connectivity index (χ4n) is 5.04. The molecule has 37 heavy (non-hydrogen) atoms. The topological polar surface area (TPSA) is 108 Å². The molecule has 1 saturated heterocycles. The van der Waals surface area contributed by atoms with Crippen molar-refractivity contribution in [2.45, 2.75) is 19.5 Å². The van der Waals surface area contributed by atoms with E-state index in [1.165, 1.54) is 6.33 Å². The lowest BCUT2D eigenvalue weighted by molar-refractivity contribution is 0.0363. The predicted molar refractivity (Wildman–Crippen MR) is 151 cm³/mol. The largest absolute Gasteiger partial charge is 0.383 e. The monoisotopic (exact) mass is 610 g/mol. The molecule has 6 rings (SSSR count). The SMILES string of the molecule is CC(c1cc2ccccn2c1-c1ccc(=O)n(CCN2CCOCC2)c1)n1nc(I)c2c(N)ncnc21. The number of nitrogen functional groups attached to an aromatic ring is 1. The summed E-state index contributed by atoms with van der Waals surface area (Å²) in [7, 11) is 0. The number of halogens is 1. The van der Waals surface area contributed by atoms with Gasteiger partial charge in [0.15, 0.2) is 5.65 Å². The Morgan fingerprint density at radius 3 is 2.81 bits per heavy atom. The maximum absolute atomic E-state index is 12.8. The summed E-state index contributed by atoms with van der Waals surface area (Å²) >= 11 is 2.18. The number of hydrogen-bond donors (Lipinski definition) is 1. The van der Waals surface area contributed by atoms with Gasteiger partial charge in [-0.2, -0.15) is 5.10 Å². The first-order valence-corrected chi connectivity index (χ1v) is 13.3. The third-order valence-electron chi connectivity index (χ3n) is 7.02. The molecule has 1 aliphatic heterocycles. The van der Waals surface area contributed by atoms with Crippen LogP contribution in [0.1, 0.15) is 18.5 Å². The number of ether oxygens (including phenoxy) is 1. The number of rotatable bonds is 6. The van der Waals surface area contributed by atoms with Crippen molar-refractivity contribution in [3.05, 3.63) is 74.7 Å². The summed E-state index contributed by atoms with van der Waals surface area (Å²) in [6.45, 7) is 6.80. The van der Waals surface area contributed by atoms with Gasteiger partial charge in [0.05, 0.1) is 30.3 Å². The number of morpholine rings is 1. The summed E-state index contributed by atoms with van der Waals surface area (Å²) < 4.78 is 12.1. The van der Waals surface area contributed by atoms with Gasteiger partial charge in [-0.3, -0.25) is 9.69 Å². The van der Waals surface area contributed by atoms with E-state index in [4.69, 9.17) is 15.6 Å². The molecule has 0 aliphatic carbocycles. The van der Waals surface area contributed by atoms with Gasteiger partial charge in [0.2, 0.25) is 0 Å². The molecule has 0 saturated carbocycles. The summed E-state index contributed by atoms with van der Waals surface area (Å²) in [5.74, 6) is 0.419. The van der Waals surface area contributed by atoms with Gasteiger partial charge in [0, 0.05) is 61.3 Å². The van der Waals surface area contributed by atoms with Gasteiger partial charge in [-0.25, -0.2) is 14.6 Å². The smallest absolute Gasteiger partial charge is 0.250 e. The normalized spacial score (nSPS) is 15.5. The number of aromatic nitrogens is 6. The van der Waals surface area contributed by atoms with Crippen LogP contribution >= 0.6 is 22.6 Å². The summed E-state index contributed by atoms with van der Waals surface area (Å²) in [5.41, 5.74) is 11.0. The Hall–Kier alpha value is -3.29. The highest BCUT2D eigenvalue weighted by Crippen LogP contribution is 2.35. The first kappa shape index (κ1) is 24.1. The molecule has 1 aliphatic rings. The van der Waals surface area contributed by atoms with E-state index in [1.807, 2.05) is 33.6 Å². The van der Waals surface area contributed by atoms with Crippen LogP contribution in [0.5, 0.6) is 0 Å². The van der Waals surface area contributed by atoms with Crippen molar-refractivity contribution in [2.75, 3.05) is 38.6 Å². The van der Waals surface area contributed by atoms with E-state index in [2.05, 4.69) is 67.1 Å². The number of pyridine rings is 2. The van der Waals surface area contributed by atoms with E-state index < -0.39 is 0 Å². The molecular formula is C26H27IN8O2. The summed E-state index contributed by atoms with van der Waals surface area (Å²) in [5, 5.41) is 5.55. The van der Waals surface area contributed by atoms with Crippen molar-refractivity contribution in [2.24, 2.45) is 0 Å². The molecule has 0 aromatic carbocycles. The highest BCUT2D eigenvalue weighted by Gasteiger charge is 2.24. The minimum absolute atomic E-state index is 0.00716. The van der Waals surface area contributed by atoms with Gasteiger partial charge in [-0.1, -0.05) is 6.07 Å². The average Bonchev–Trinajstić information content (AvgIpc) is 3.47. The van der Waals surface area contributed by atoms with E-state index in [0.29, 0.717) is 18.0 Å². The highest BCUT2D eigenvalue weighted by molar-refractivity contribution is 14.1. The molecule has 1 fully saturated rings. The second-order valence-electron chi connectivity index (χ2n) is 9.22. The lowest BCUT2D eigenvalue weighted by atomic mass is 10.0. The summed E-state index contributed by atoms with van der Waals surface area (Å²) in [4.78, 5) is 23.7. The molecule has 11 heteroatoms. The molecule has 10 nitrogen and oxygen atoms in total. The van der Waals surface area contributed by atoms with Gasteiger partial charge in [0.1, 0.15) is 15.8 Å². The zero-order valence-corrected chi connectivity index (χ0v) is 22.6. The minimum Gasteiger partial charge on any atom is -0.383 e. The van der Waals surface area contributed by atoms with Gasteiger partial charge in [-0.15, -0.1) is 0 Å². The zero-order valence-electron chi connectivity index (χ0n) is 20.4. The Morgan fingerprint density at radius 1 is 1.14 bits per heavy atom. The molecule has 0 amide bonds. The number of hydrogen-bond acceptors (Lipinski definition) is 7. The Kier molecular flexibility index (Phi) is 6.42. The fourth-order valence-corrected chi connectivity index (χ4v) is 5.79. The summed E-state index contributed by atoms with van der Waals surface area (Å²) in [6.07, 6.45) is 5.49. The van der Waals surface area contributed by atoms with Crippen molar-refractivity contribution >= 4 is 45.0 Å². The van der Waals surface area contributed by atoms with E-state index in [1.54, 1.807) is 6.07 Å². The molecular weight excluding hydrogens is 583 g/mol. The van der Waals surface area contributed by atoms with Crippen molar-refractivity contribution < 1.29 is 4.74 Å². The number of nitrogens with two attached hydrogens (primary N) is 1. The Balaban J connectivity index is 1.44. The molecule has 2 N–H and O–H groups in total. The van der Waals surface area contributed by atoms with E-state index in [9.17, 15) is 4.79 Å².